The van der Waals surface area contributed by atoms with Crippen LogP contribution in [-0.4, -0.2) is 37.1 Å². The lowest BCUT2D eigenvalue weighted by atomic mass is 9.92. The van der Waals surface area contributed by atoms with Crippen molar-refractivity contribution in [2.75, 3.05) is 25.7 Å². The first-order valence-electron chi connectivity index (χ1n) is 6.40. The Morgan fingerprint density at radius 3 is 2.75 bits per heavy atom. The number of hydrogen-bond donors (Lipinski definition) is 1. The number of ether oxygens (including phenoxy) is 2. The largest absolute Gasteiger partial charge is 0.494 e. The summed E-state index contributed by atoms with van der Waals surface area (Å²) in [7, 11) is 1.39. The number of nitrogens with one attached hydrogen (secondary N) is 1. The zero-order chi connectivity index (χ0) is 14.6. The van der Waals surface area contributed by atoms with Gasteiger partial charge >= 0.3 is 0 Å². The molecule has 4 nitrogen and oxygen atoms in total. The first-order valence-corrected chi connectivity index (χ1v) is 7.52. The Bertz CT molecular complexity index is 489. The maximum Gasteiger partial charge on any atom is 0.251 e. The van der Waals surface area contributed by atoms with Crippen LogP contribution in [0.2, 0.25) is 0 Å². The maximum absolute atomic E-state index is 13.6. The zero-order valence-corrected chi connectivity index (χ0v) is 12.8. The third-order valence-electron chi connectivity index (χ3n) is 3.50. The standard InChI is InChI=1S/C14H17BrFNO3/c1-19-12-3-2-10(8-11(12)16)13(18)17-14(9-15)4-6-20-7-5-14/h2-3,8H,4-7,9H2,1H3,(H,17,18). The van der Waals surface area contributed by atoms with Gasteiger partial charge in [-0.2, -0.15) is 0 Å². The fourth-order valence-corrected chi connectivity index (χ4v) is 2.88. The van der Waals surface area contributed by atoms with Gasteiger partial charge in [-0.3, -0.25) is 4.79 Å². The summed E-state index contributed by atoms with van der Waals surface area (Å²) in [4.78, 5) is 12.2. The van der Waals surface area contributed by atoms with Gasteiger partial charge in [0, 0.05) is 24.1 Å². The molecule has 0 atom stereocenters. The van der Waals surface area contributed by atoms with Gasteiger partial charge in [0.05, 0.1) is 12.6 Å². The Balaban J connectivity index is 2.12. The Labute approximate surface area is 125 Å². The summed E-state index contributed by atoms with van der Waals surface area (Å²) in [6, 6.07) is 4.20. The molecule has 6 heteroatoms. The number of rotatable bonds is 4. The number of carbonyl (C=O) groups is 1. The lowest BCUT2D eigenvalue weighted by molar-refractivity contribution is 0.0441. The third kappa shape index (κ3) is 3.30. The van der Waals surface area contributed by atoms with Gasteiger partial charge in [0.1, 0.15) is 0 Å². The molecule has 1 aliphatic heterocycles. The van der Waals surface area contributed by atoms with E-state index in [1.54, 1.807) is 6.07 Å². The van der Waals surface area contributed by atoms with Crippen LogP contribution in [0, 0.1) is 5.82 Å². The molecule has 20 heavy (non-hydrogen) atoms. The molecule has 1 aliphatic rings. The Kier molecular flexibility index (Phi) is 4.99. The highest BCUT2D eigenvalue weighted by Crippen LogP contribution is 2.24. The molecule has 0 radical (unpaired) electrons. The molecule has 1 saturated heterocycles. The van der Waals surface area contributed by atoms with Gasteiger partial charge in [0.15, 0.2) is 11.6 Å². The zero-order valence-electron chi connectivity index (χ0n) is 11.2. The molecule has 1 fully saturated rings. The smallest absolute Gasteiger partial charge is 0.251 e. The number of benzene rings is 1. The minimum absolute atomic E-state index is 0.128. The van der Waals surface area contributed by atoms with Crippen LogP contribution in [0.15, 0.2) is 18.2 Å². The van der Waals surface area contributed by atoms with Crippen LogP contribution in [0.3, 0.4) is 0 Å². The quantitative estimate of drug-likeness (QED) is 0.853. The molecule has 1 amide bonds. The van der Waals surface area contributed by atoms with Crippen molar-refractivity contribution in [1.82, 2.24) is 5.32 Å². The van der Waals surface area contributed by atoms with Crippen LogP contribution < -0.4 is 10.1 Å². The van der Waals surface area contributed by atoms with Crippen molar-refractivity contribution in [3.05, 3.63) is 29.6 Å². The van der Waals surface area contributed by atoms with Crippen molar-refractivity contribution in [3.8, 4) is 5.75 Å². The molecule has 0 aromatic heterocycles. The van der Waals surface area contributed by atoms with Crippen molar-refractivity contribution in [1.29, 1.82) is 0 Å². The molecule has 0 unspecified atom stereocenters. The monoisotopic (exact) mass is 345 g/mol. The molecule has 0 spiro atoms. The minimum atomic E-state index is -0.542. The Morgan fingerprint density at radius 1 is 1.50 bits per heavy atom. The highest BCUT2D eigenvalue weighted by molar-refractivity contribution is 9.09. The van der Waals surface area contributed by atoms with Crippen LogP contribution >= 0.6 is 15.9 Å². The van der Waals surface area contributed by atoms with E-state index in [9.17, 15) is 9.18 Å². The van der Waals surface area contributed by atoms with Gasteiger partial charge < -0.3 is 14.8 Å². The maximum atomic E-state index is 13.6. The lowest BCUT2D eigenvalue weighted by Gasteiger charge is -2.36. The van der Waals surface area contributed by atoms with Crippen LogP contribution in [0.25, 0.3) is 0 Å². The lowest BCUT2D eigenvalue weighted by Crippen LogP contribution is -2.53. The van der Waals surface area contributed by atoms with E-state index >= 15 is 0 Å². The molecule has 0 saturated carbocycles. The van der Waals surface area contributed by atoms with Crippen LogP contribution in [0.5, 0.6) is 5.75 Å². The molecule has 0 aliphatic carbocycles. The van der Waals surface area contributed by atoms with E-state index in [1.165, 1.54) is 19.2 Å². The van der Waals surface area contributed by atoms with E-state index in [0.717, 1.165) is 12.8 Å². The van der Waals surface area contributed by atoms with Crippen LogP contribution in [0.4, 0.5) is 4.39 Å². The summed E-state index contributed by atoms with van der Waals surface area (Å²) < 4.78 is 23.8. The van der Waals surface area contributed by atoms with Crippen molar-refractivity contribution in [2.45, 2.75) is 18.4 Å². The van der Waals surface area contributed by atoms with Gasteiger partial charge in [0.2, 0.25) is 0 Å². The molecule has 1 heterocycles. The first-order chi connectivity index (χ1) is 9.60. The summed E-state index contributed by atoms with van der Waals surface area (Å²) in [5.74, 6) is -0.698. The van der Waals surface area contributed by atoms with Gasteiger partial charge in [-0.1, -0.05) is 15.9 Å². The van der Waals surface area contributed by atoms with Crippen LogP contribution in [0.1, 0.15) is 23.2 Å². The molecule has 110 valence electrons. The van der Waals surface area contributed by atoms with E-state index in [1.807, 2.05) is 0 Å². The van der Waals surface area contributed by atoms with E-state index in [0.29, 0.717) is 18.5 Å². The summed E-state index contributed by atoms with van der Waals surface area (Å²) >= 11 is 3.44. The summed E-state index contributed by atoms with van der Waals surface area (Å²) in [5.41, 5.74) is -0.0405. The molecule has 1 N–H and O–H groups in total. The van der Waals surface area contributed by atoms with Gasteiger partial charge in [-0.05, 0) is 31.0 Å². The van der Waals surface area contributed by atoms with Crippen molar-refractivity contribution in [3.63, 3.8) is 0 Å². The molecule has 0 bridgehead atoms. The third-order valence-corrected chi connectivity index (χ3v) is 4.57. The average molecular weight is 346 g/mol. The predicted octanol–water partition coefficient (Wildman–Crippen LogP) is 2.51. The number of carbonyl (C=O) groups excluding carboxylic acids is 1. The van der Waals surface area contributed by atoms with Crippen molar-refractivity contribution < 1.29 is 18.7 Å². The highest BCUT2D eigenvalue weighted by Gasteiger charge is 2.33. The number of amides is 1. The van der Waals surface area contributed by atoms with Crippen LogP contribution in [-0.2, 0) is 4.74 Å². The van der Waals surface area contributed by atoms with Crippen molar-refractivity contribution >= 4 is 21.8 Å². The molecular formula is C14H17BrFNO3. The number of alkyl halides is 1. The second-order valence-electron chi connectivity index (χ2n) is 4.83. The van der Waals surface area contributed by atoms with E-state index in [-0.39, 0.29) is 22.8 Å². The highest BCUT2D eigenvalue weighted by atomic mass is 79.9. The van der Waals surface area contributed by atoms with E-state index < -0.39 is 5.82 Å². The van der Waals surface area contributed by atoms with E-state index in [2.05, 4.69) is 21.2 Å². The van der Waals surface area contributed by atoms with Gasteiger partial charge in [0.25, 0.3) is 5.91 Å². The number of halogens is 2. The van der Waals surface area contributed by atoms with Crippen molar-refractivity contribution in [2.24, 2.45) is 0 Å². The SMILES string of the molecule is COc1ccc(C(=O)NC2(CBr)CCOCC2)cc1F. The summed E-state index contributed by atoms with van der Waals surface area (Å²) in [5, 5.41) is 3.64. The first kappa shape index (κ1) is 15.3. The number of methoxy groups -OCH3 is 1. The summed E-state index contributed by atoms with van der Waals surface area (Å²) in [6.45, 7) is 1.23. The fourth-order valence-electron chi connectivity index (χ4n) is 2.17. The molecule has 1 aromatic rings. The fraction of sp³-hybridized carbons (Fsp3) is 0.500. The Hall–Kier alpha value is -1.14. The normalized spacial score (nSPS) is 17.6. The molecule has 1 aromatic carbocycles. The second kappa shape index (κ2) is 6.54. The van der Waals surface area contributed by atoms with Gasteiger partial charge in [-0.25, -0.2) is 4.39 Å². The van der Waals surface area contributed by atoms with Gasteiger partial charge in [-0.15, -0.1) is 0 Å². The number of hydrogen-bond acceptors (Lipinski definition) is 3. The Morgan fingerprint density at radius 2 is 2.20 bits per heavy atom. The molecule has 2 rings (SSSR count). The average Bonchev–Trinajstić information content (AvgIpc) is 2.48. The predicted molar refractivity (Wildman–Crippen MR) is 77.0 cm³/mol. The molecular weight excluding hydrogens is 329 g/mol. The van der Waals surface area contributed by atoms with E-state index in [4.69, 9.17) is 9.47 Å². The minimum Gasteiger partial charge on any atom is -0.494 e. The second-order valence-corrected chi connectivity index (χ2v) is 5.39. The topological polar surface area (TPSA) is 47.6 Å². The summed E-state index contributed by atoms with van der Waals surface area (Å²) in [6.07, 6.45) is 1.48.